The molecule has 1 N–H and O–H groups in total. The van der Waals surface area contributed by atoms with Crippen molar-refractivity contribution in [2.45, 2.75) is 39.2 Å². The minimum Gasteiger partial charge on any atom is -0.507 e. The van der Waals surface area contributed by atoms with Gasteiger partial charge in [-0.05, 0) is 36.1 Å². The monoisotopic (exact) mass is 462 g/mol. The molecule has 170 valence electrons. The van der Waals surface area contributed by atoms with E-state index in [2.05, 4.69) is 18.8 Å². The highest BCUT2D eigenvalue weighted by atomic mass is 32.1. The molecular weight excluding hydrogens is 436 g/mol. The van der Waals surface area contributed by atoms with E-state index in [4.69, 9.17) is 4.74 Å². The Balaban J connectivity index is 1.81. The van der Waals surface area contributed by atoms with Crippen LogP contribution in [0.3, 0.4) is 0 Å². The van der Waals surface area contributed by atoms with Crippen LogP contribution in [-0.4, -0.2) is 28.4 Å². The summed E-state index contributed by atoms with van der Waals surface area (Å²) in [6.07, 6.45) is 4.39. The Morgan fingerprint density at radius 3 is 2.61 bits per heavy atom. The molecule has 0 bridgehead atoms. The number of ketones is 1. The zero-order valence-electron chi connectivity index (χ0n) is 18.7. The molecule has 6 nitrogen and oxygen atoms in total. The van der Waals surface area contributed by atoms with Gasteiger partial charge in [0.1, 0.15) is 11.5 Å². The summed E-state index contributed by atoms with van der Waals surface area (Å²) in [5.74, 6) is -1.06. The fourth-order valence-electron chi connectivity index (χ4n) is 3.84. The number of benzene rings is 2. The smallest absolute Gasteiger partial charge is 0.301 e. The van der Waals surface area contributed by atoms with Crippen LogP contribution in [0.4, 0.5) is 5.13 Å². The van der Waals surface area contributed by atoms with Gasteiger partial charge in [0, 0.05) is 17.1 Å². The van der Waals surface area contributed by atoms with E-state index in [1.165, 1.54) is 16.2 Å². The maximum Gasteiger partial charge on any atom is 0.301 e. The molecule has 0 saturated carbocycles. The number of carbonyl (C=O) groups is 2. The highest BCUT2D eigenvalue weighted by molar-refractivity contribution is 7.14. The molecule has 1 atom stereocenters. The summed E-state index contributed by atoms with van der Waals surface area (Å²) in [6.45, 7) is 4.71. The summed E-state index contributed by atoms with van der Waals surface area (Å²) in [7, 11) is 0. The van der Waals surface area contributed by atoms with Gasteiger partial charge in [0.25, 0.3) is 5.78 Å². The number of anilines is 1. The van der Waals surface area contributed by atoms with Crippen molar-refractivity contribution in [2.24, 2.45) is 0 Å². The van der Waals surface area contributed by atoms with Gasteiger partial charge in [0.2, 0.25) is 0 Å². The standard InChI is InChI=1S/C26H26N2O4S/c1-3-5-14-32-20-8-6-7-19(16-20)23(29)21-22(18-11-9-17(4-2)10-12-18)28(25(31)24(21)30)26-27-13-15-33-26/h6-13,15-16,22,29H,3-5,14H2,1-2H3/b23-21+. The molecule has 1 aliphatic heterocycles. The van der Waals surface area contributed by atoms with Crippen LogP contribution in [0.5, 0.6) is 5.75 Å². The number of thiazole rings is 1. The van der Waals surface area contributed by atoms with E-state index in [9.17, 15) is 14.7 Å². The van der Waals surface area contributed by atoms with Gasteiger partial charge in [-0.15, -0.1) is 11.3 Å². The van der Waals surface area contributed by atoms with Crippen molar-refractivity contribution >= 4 is 33.9 Å². The molecule has 1 amide bonds. The predicted molar refractivity (Wildman–Crippen MR) is 130 cm³/mol. The van der Waals surface area contributed by atoms with Gasteiger partial charge < -0.3 is 9.84 Å². The van der Waals surface area contributed by atoms with Gasteiger partial charge >= 0.3 is 5.91 Å². The van der Waals surface area contributed by atoms with E-state index in [1.807, 2.05) is 30.3 Å². The van der Waals surface area contributed by atoms with Crippen LogP contribution in [0.15, 0.2) is 65.7 Å². The van der Waals surface area contributed by atoms with Crippen molar-refractivity contribution in [1.82, 2.24) is 4.98 Å². The lowest BCUT2D eigenvalue weighted by molar-refractivity contribution is -0.132. The van der Waals surface area contributed by atoms with Crippen LogP contribution >= 0.6 is 11.3 Å². The van der Waals surface area contributed by atoms with Gasteiger partial charge in [0.05, 0.1) is 18.2 Å². The molecule has 1 fully saturated rings. The number of hydrogen-bond donors (Lipinski definition) is 1. The molecule has 0 spiro atoms. The maximum absolute atomic E-state index is 13.2. The Labute approximate surface area is 197 Å². The number of unbranched alkanes of at least 4 members (excludes halogenated alkanes) is 1. The number of aryl methyl sites for hydroxylation is 1. The molecule has 4 rings (SSSR count). The average Bonchev–Trinajstić information content (AvgIpc) is 3.46. The third-order valence-corrected chi connectivity index (χ3v) is 6.42. The van der Waals surface area contributed by atoms with Gasteiger partial charge in [-0.1, -0.05) is 56.7 Å². The summed E-state index contributed by atoms with van der Waals surface area (Å²) in [5.41, 5.74) is 2.35. The van der Waals surface area contributed by atoms with Crippen molar-refractivity contribution in [3.05, 3.63) is 82.4 Å². The quantitative estimate of drug-likeness (QED) is 0.207. The number of hydrogen-bond acceptors (Lipinski definition) is 6. The number of aromatic nitrogens is 1. The van der Waals surface area contributed by atoms with Crippen LogP contribution in [0.2, 0.25) is 0 Å². The van der Waals surface area contributed by atoms with E-state index in [0.29, 0.717) is 23.1 Å². The minimum atomic E-state index is -0.772. The minimum absolute atomic E-state index is 0.0464. The van der Waals surface area contributed by atoms with Crippen molar-refractivity contribution in [2.75, 3.05) is 11.5 Å². The van der Waals surface area contributed by atoms with Crippen molar-refractivity contribution < 1.29 is 19.4 Å². The highest BCUT2D eigenvalue weighted by Crippen LogP contribution is 2.42. The number of aliphatic hydroxyl groups is 1. The average molecular weight is 463 g/mol. The number of nitrogens with zero attached hydrogens (tertiary/aromatic N) is 2. The normalized spacial score (nSPS) is 17.5. The highest BCUT2D eigenvalue weighted by Gasteiger charge is 2.47. The lowest BCUT2D eigenvalue weighted by Crippen LogP contribution is -2.29. The molecule has 1 aliphatic rings. The van der Waals surface area contributed by atoms with Crippen LogP contribution in [0.1, 0.15) is 49.4 Å². The Kier molecular flexibility index (Phi) is 6.89. The van der Waals surface area contributed by atoms with E-state index in [1.54, 1.807) is 29.8 Å². The second-order valence-corrected chi connectivity index (χ2v) is 8.68. The number of ether oxygens (including phenoxy) is 1. The molecule has 2 heterocycles. The first-order valence-corrected chi connectivity index (χ1v) is 12.0. The SMILES string of the molecule is CCCCOc1cccc(/C(O)=C2\C(=O)C(=O)N(c3nccs3)C2c2ccc(CC)cc2)c1. The van der Waals surface area contributed by atoms with E-state index < -0.39 is 17.7 Å². The van der Waals surface area contributed by atoms with Crippen LogP contribution in [0.25, 0.3) is 5.76 Å². The Morgan fingerprint density at radius 1 is 1.15 bits per heavy atom. The number of amides is 1. The Morgan fingerprint density at radius 2 is 1.94 bits per heavy atom. The van der Waals surface area contributed by atoms with Crippen LogP contribution < -0.4 is 9.64 Å². The summed E-state index contributed by atoms with van der Waals surface area (Å²) in [4.78, 5) is 31.9. The summed E-state index contributed by atoms with van der Waals surface area (Å²) in [6, 6.07) is 13.9. The summed E-state index contributed by atoms with van der Waals surface area (Å²) in [5, 5.41) is 13.4. The van der Waals surface area contributed by atoms with E-state index in [0.717, 1.165) is 30.4 Å². The third-order valence-electron chi connectivity index (χ3n) is 5.65. The van der Waals surface area contributed by atoms with Crippen molar-refractivity contribution in [1.29, 1.82) is 0 Å². The third kappa shape index (κ3) is 4.54. The molecule has 33 heavy (non-hydrogen) atoms. The first-order valence-electron chi connectivity index (χ1n) is 11.1. The number of Topliss-reactive ketones (excluding diaryl/α,β-unsaturated/α-hetero) is 1. The second-order valence-electron chi connectivity index (χ2n) is 7.81. The Bertz CT molecular complexity index is 1170. The van der Waals surface area contributed by atoms with Crippen LogP contribution in [0, 0.1) is 0 Å². The molecule has 2 aromatic carbocycles. The van der Waals surface area contributed by atoms with E-state index in [-0.39, 0.29) is 11.3 Å². The topological polar surface area (TPSA) is 79.7 Å². The first-order chi connectivity index (χ1) is 16.0. The predicted octanol–water partition coefficient (Wildman–Crippen LogP) is 5.51. The van der Waals surface area contributed by atoms with Gasteiger partial charge in [-0.2, -0.15) is 0 Å². The van der Waals surface area contributed by atoms with Gasteiger partial charge in [-0.25, -0.2) is 4.98 Å². The first kappa shape index (κ1) is 22.7. The molecule has 0 aliphatic carbocycles. The lowest BCUT2D eigenvalue weighted by Gasteiger charge is -2.23. The molecule has 7 heteroatoms. The molecule has 1 unspecified atom stereocenters. The second kappa shape index (κ2) is 10.0. The van der Waals surface area contributed by atoms with Gasteiger partial charge in [0.15, 0.2) is 5.13 Å². The fraction of sp³-hybridized carbons (Fsp3) is 0.269. The molecular formula is C26H26N2O4S. The molecule has 3 aromatic rings. The molecule has 0 radical (unpaired) electrons. The van der Waals surface area contributed by atoms with E-state index >= 15 is 0 Å². The lowest BCUT2D eigenvalue weighted by atomic mass is 9.94. The van der Waals surface area contributed by atoms with Gasteiger partial charge in [-0.3, -0.25) is 14.5 Å². The molecule has 1 aromatic heterocycles. The largest absolute Gasteiger partial charge is 0.507 e. The zero-order valence-corrected chi connectivity index (χ0v) is 19.5. The maximum atomic E-state index is 13.2. The number of aliphatic hydroxyl groups excluding tert-OH is 1. The summed E-state index contributed by atoms with van der Waals surface area (Å²) < 4.78 is 5.76. The fourth-order valence-corrected chi connectivity index (χ4v) is 4.51. The van der Waals surface area contributed by atoms with Crippen LogP contribution in [-0.2, 0) is 16.0 Å². The number of carbonyl (C=O) groups excluding carboxylic acids is 2. The molecule has 1 saturated heterocycles. The van der Waals surface area contributed by atoms with Crippen molar-refractivity contribution in [3.63, 3.8) is 0 Å². The summed E-state index contributed by atoms with van der Waals surface area (Å²) >= 11 is 1.27. The number of rotatable bonds is 8. The Hall–Kier alpha value is -3.45. The zero-order chi connectivity index (χ0) is 23.4. The van der Waals surface area contributed by atoms with Crippen molar-refractivity contribution in [3.8, 4) is 5.75 Å².